The van der Waals surface area contributed by atoms with Crippen LogP contribution in [0.2, 0.25) is 0 Å². The molecule has 0 spiro atoms. The van der Waals surface area contributed by atoms with E-state index in [1.54, 1.807) is 6.20 Å². The number of nitrogens with two attached hydrogens (primary N) is 1. The molecule has 1 aliphatic heterocycles. The Labute approximate surface area is 191 Å². The van der Waals surface area contributed by atoms with E-state index < -0.39 is 18.4 Å². The number of anilines is 1. The summed E-state index contributed by atoms with van der Waals surface area (Å²) in [4.78, 5) is 23.9. The fourth-order valence-electron chi connectivity index (χ4n) is 4.93. The number of pyridine rings is 2. The number of hydrogen-bond donors (Lipinski definition) is 2. The highest BCUT2D eigenvalue weighted by molar-refractivity contribution is 5.97. The van der Waals surface area contributed by atoms with Gasteiger partial charge in [0.15, 0.2) is 0 Å². The molecule has 1 fully saturated rings. The van der Waals surface area contributed by atoms with Crippen LogP contribution in [0.1, 0.15) is 35.0 Å². The highest BCUT2D eigenvalue weighted by Gasteiger charge is 2.37. The quantitative estimate of drug-likeness (QED) is 0.619. The molecule has 33 heavy (non-hydrogen) atoms. The van der Waals surface area contributed by atoms with Crippen molar-refractivity contribution in [3.63, 3.8) is 0 Å². The van der Waals surface area contributed by atoms with Crippen LogP contribution in [0.4, 0.5) is 14.6 Å². The second-order valence-electron chi connectivity index (χ2n) is 8.99. The standard InChI is InChI=1S/C24H28F2N6O/c1-2-31-8-7-15-9-16(11-28-23(15)31)24(33)29-17-4-5-20-14(10-17)3-6-21(30-20)32-12-18(22(25)26)19(27)13-32/h3,6-9,11,17-19,22H,2,4-5,10,12-13,27H2,1H3,(H,29,33)/t17-,18-,19-/m0/s1. The number of nitrogens with one attached hydrogen (secondary N) is 1. The van der Waals surface area contributed by atoms with Crippen LogP contribution in [-0.4, -0.2) is 52.0 Å². The van der Waals surface area contributed by atoms with Crippen LogP contribution < -0.4 is 16.0 Å². The normalized spacial score (nSPS) is 22.7. The zero-order chi connectivity index (χ0) is 23.1. The number of halogens is 2. The van der Waals surface area contributed by atoms with Crippen molar-refractivity contribution < 1.29 is 13.6 Å². The molecule has 0 saturated carbocycles. The molecular weight excluding hydrogens is 426 g/mol. The van der Waals surface area contributed by atoms with Crippen molar-refractivity contribution >= 4 is 22.8 Å². The van der Waals surface area contributed by atoms with Gasteiger partial charge in [0.05, 0.1) is 11.5 Å². The Bertz CT molecular complexity index is 1180. The Kier molecular flexibility index (Phi) is 5.74. The van der Waals surface area contributed by atoms with Crippen molar-refractivity contribution in [3.8, 4) is 0 Å². The molecule has 0 bridgehead atoms. The number of aromatic nitrogens is 3. The van der Waals surface area contributed by atoms with E-state index in [9.17, 15) is 13.6 Å². The summed E-state index contributed by atoms with van der Waals surface area (Å²) >= 11 is 0. The number of hydrogen-bond acceptors (Lipinski definition) is 5. The van der Waals surface area contributed by atoms with E-state index in [0.717, 1.165) is 41.7 Å². The smallest absolute Gasteiger partial charge is 0.253 e. The summed E-state index contributed by atoms with van der Waals surface area (Å²) in [6, 6.07) is 7.19. The molecule has 3 aromatic heterocycles. The minimum atomic E-state index is -2.42. The first kappa shape index (κ1) is 21.8. The van der Waals surface area contributed by atoms with Gasteiger partial charge in [-0.2, -0.15) is 0 Å². The number of rotatable bonds is 5. The number of carbonyl (C=O) groups excluding carboxylic acids is 1. The largest absolute Gasteiger partial charge is 0.354 e. The lowest BCUT2D eigenvalue weighted by Gasteiger charge is -2.26. The van der Waals surface area contributed by atoms with Crippen molar-refractivity contribution in [1.82, 2.24) is 19.9 Å². The molecule has 1 saturated heterocycles. The molecule has 3 N–H and O–H groups in total. The summed E-state index contributed by atoms with van der Waals surface area (Å²) in [5.41, 5.74) is 9.38. The van der Waals surface area contributed by atoms with Gasteiger partial charge in [0, 0.05) is 55.2 Å². The van der Waals surface area contributed by atoms with E-state index >= 15 is 0 Å². The SMILES string of the molecule is CCn1ccc2cc(C(=O)N[C@H]3CCc4nc(N5C[C@H](C(F)F)[C@@H](N)C5)ccc4C3)cnc21. The van der Waals surface area contributed by atoms with Crippen molar-refractivity contribution in [2.24, 2.45) is 11.7 Å². The van der Waals surface area contributed by atoms with Gasteiger partial charge in [0.25, 0.3) is 5.91 Å². The highest BCUT2D eigenvalue weighted by Crippen LogP contribution is 2.29. The molecule has 7 nitrogen and oxygen atoms in total. The van der Waals surface area contributed by atoms with Crippen LogP contribution in [0.25, 0.3) is 11.0 Å². The monoisotopic (exact) mass is 454 g/mol. The van der Waals surface area contributed by atoms with Crippen LogP contribution in [0.15, 0.2) is 36.7 Å². The molecule has 0 radical (unpaired) electrons. The number of nitrogens with zero attached hydrogens (tertiary/aromatic N) is 4. The molecule has 9 heteroatoms. The van der Waals surface area contributed by atoms with Crippen LogP contribution in [0.3, 0.4) is 0 Å². The van der Waals surface area contributed by atoms with E-state index in [4.69, 9.17) is 10.7 Å². The third-order valence-electron chi connectivity index (χ3n) is 6.85. The number of alkyl halides is 2. The Morgan fingerprint density at radius 2 is 2.15 bits per heavy atom. The van der Waals surface area contributed by atoms with Crippen molar-refractivity contribution in [2.75, 3.05) is 18.0 Å². The summed E-state index contributed by atoms with van der Waals surface area (Å²) in [5.74, 6) is -0.249. The molecular formula is C24H28F2N6O. The highest BCUT2D eigenvalue weighted by atomic mass is 19.3. The van der Waals surface area contributed by atoms with Gasteiger partial charge in [-0.25, -0.2) is 18.7 Å². The van der Waals surface area contributed by atoms with Crippen LogP contribution in [-0.2, 0) is 19.4 Å². The van der Waals surface area contributed by atoms with Gasteiger partial charge >= 0.3 is 0 Å². The molecule has 3 atom stereocenters. The summed E-state index contributed by atoms with van der Waals surface area (Å²) in [6.07, 6.45) is 3.37. The topological polar surface area (TPSA) is 89.1 Å². The predicted molar refractivity (Wildman–Crippen MR) is 123 cm³/mol. The third kappa shape index (κ3) is 4.17. The fraction of sp³-hybridized carbons (Fsp3) is 0.458. The number of amides is 1. The summed E-state index contributed by atoms with van der Waals surface area (Å²) in [6.45, 7) is 3.50. The van der Waals surface area contributed by atoms with Gasteiger partial charge in [0.1, 0.15) is 11.5 Å². The number of carbonyl (C=O) groups is 1. The van der Waals surface area contributed by atoms with E-state index in [1.165, 1.54) is 0 Å². The Morgan fingerprint density at radius 1 is 1.30 bits per heavy atom. The van der Waals surface area contributed by atoms with E-state index in [0.29, 0.717) is 24.3 Å². The number of fused-ring (bicyclic) bond motifs is 2. The van der Waals surface area contributed by atoms with Crippen molar-refractivity contribution in [1.29, 1.82) is 0 Å². The lowest BCUT2D eigenvalue weighted by Crippen LogP contribution is -2.39. The molecule has 2 aliphatic rings. The first-order valence-electron chi connectivity index (χ1n) is 11.5. The number of aryl methyl sites for hydroxylation is 2. The molecule has 1 amide bonds. The maximum atomic E-state index is 13.2. The van der Waals surface area contributed by atoms with Gasteiger partial charge in [-0.15, -0.1) is 0 Å². The molecule has 5 rings (SSSR count). The maximum Gasteiger partial charge on any atom is 0.253 e. The summed E-state index contributed by atoms with van der Waals surface area (Å²) in [5, 5.41) is 4.08. The minimum Gasteiger partial charge on any atom is -0.354 e. The van der Waals surface area contributed by atoms with Gasteiger partial charge in [-0.3, -0.25) is 4.79 Å². The fourth-order valence-corrected chi connectivity index (χ4v) is 4.93. The van der Waals surface area contributed by atoms with Gasteiger partial charge in [-0.1, -0.05) is 6.07 Å². The van der Waals surface area contributed by atoms with E-state index in [2.05, 4.69) is 17.2 Å². The Morgan fingerprint density at radius 3 is 2.91 bits per heavy atom. The second-order valence-corrected chi connectivity index (χ2v) is 8.99. The average molecular weight is 455 g/mol. The third-order valence-corrected chi connectivity index (χ3v) is 6.85. The van der Waals surface area contributed by atoms with Gasteiger partial charge < -0.3 is 20.5 Å². The Balaban J connectivity index is 1.25. The molecule has 3 aromatic rings. The molecule has 1 aliphatic carbocycles. The predicted octanol–water partition coefficient (Wildman–Crippen LogP) is 2.77. The first-order chi connectivity index (χ1) is 15.9. The van der Waals surface area contributed by atoms with Crippen LogP contribution >= 0.6 is 0 Å². The summed E-state index contributed by atoms with van der Waals surface area (Å²) < 4.78 is 28.3. The van der Waals surface area contributed by atoms with Gasteiger partial charge in [0.2, 0.25) is 6.43 Å². The average Bonchev–Trinajstić information content (AvgIpc) is 3.41. The molecule has 0 aromatic carbocycles. The first-order valence-corrected chi connectivity index (χ1v) is 11.5. The van der Waals surface area contributed by atoms with Gasteiger partial charge in [-0.05, 0) is 49.9 Å². The zero-order valence-electron chi connectivity index (χ0n) is 18.5. The van der Waals surface area contributed by atoms with Crippen LogP contribution in [0.5, 0.6) is 0 Å². The molecule has 174 valence electrons. The van der Waals surface area contributed by atoms with E-state index in [-0.39, 0.29) is 18.5 Å². The van der Waals surface area contributed by atoms with Crippen LogP contribution in [0, 0.1) is 5.92 Å². The second kappa shape index (κ2) is 8.70. The van der Waals surface area contributed by atoms with Crippen molar-refractivity contribution in [2.45, 2.75) is 51.2 Å². The lowest BCUT2D eigenvalue weighted by molar-refractivity contribution is 0.0804. The van der Waals surface area contributed by atoms with E-state index in [1.807, 2.05) is 39.9 Å². The minimum absolute atomic E-state index is 0.0111. The molecule has 4 heterocycles. The molecule has 0 unspecified atom stereocenters. The summed E-state index contributed by atoms with van der Waals surface area (Å²) in [7, 11) is 0. The van der Waals surface area contributed by atoms with Crippen molar-refractivity contribution in [3.05, 3.63) is 53.5 Å². The lowest BCUT2D eigenvalue weighted by atomic mass is 9.91. The zero-order valence-corrected chi connectivity index (χ0v) is 18.5. The Hall–Kier alpha value is -3.07. The maximum absolute atomic E-state index is 13.2.